The average Bonchev–Trinajstić information content (AvgIpc) is 3.19. The molecule has 0 radical (unpaired) electrons. The number of ether oxygens (including phenoxy) is 2. The fourth-order valence-corrected chi connectivity index (χ4v) is 3.64. The van der Waals surface area contributed by atoms with Crippen LogP contribution in [0.15, 0.2) is 36.4 Å². The van der Waals surface area contributed by atoms with Crippen molar-refractivity contribution in [3.8, 4) is 11.5 Å². The molecule has 2 aliphatic heterocycles. The number of rotatable bonds is 3. The highest BCUT2D eigenvalue weighted by Gasteiger charge is 2.26. The number of nitrogens with one attached hydrogen (secondary N) is 1. The number of carbonyl (C=O) groups is 2. The van der Waals surface area contributed by atoms with Crippen LogP contribution in [0, 0.1) is 6.92 Å². The van der Waals surface area contributed by atoms with Gasteiger partial charge in [0, 0.05) is 43.4 Å². The topological polar surface area (TPSA) is 71.1 Å². The van der Waals surface area contributed by atoms with Gasteiger partial charge in [0.1, 0.15) is 0 Å². The van der Waals surface area contributed by atoms with E-state index in [4.69, 9.17) is 21.1 Å². The van der Waals surface area contributed by atoms with Gasteiger partial charge in [-0.3, -0.25) is 14.5 Å². The third-order valence-electron chi connectivity index (χ3n) is 5.21. The van der Waals surface area contributed by atoms with Crippen molar-refractivity contribution in [1.82, 2.24) is 9.80 Å². The fourth-order valence-electron chi connectivity index (χ4n) is 3.47. The van der Waals surface area contributed by atoms with Crippen LogP contribution >= 0.6 is 11.6 Å². The van der Waals surface area contributed by atoms with Crippen molar-refractivity contribution in [2.45, 2.75) is 13.5 Å². The van der Waals surface area contributed by atoms with Crippen molar-refractivity contribution in [1.29, 1.82) is 0 Å². The lowest BCUT2D eigenvalue weighted by molar-refractivity contribution is -0.144. The quantitative estimate of drug-likeness (QED) is 0.780. The van der Waals surface area contributed by atoms with Gasteiger partial charge in [-0.2, -0.15) is 0 Å². The number of halogens is 1. The molecule has 4 rings (SSSR count). The largest absolute Gasteiger partial charge is 0.454 e. The van der Waals surface area contributed by atoms with Crippen LogP contribution in [0.3, 0.4) is 0 Å². The number of nitrogens with zero attached hydrogens (tertiary/aromatic N) is 2. The smallest absolute Gasteiger partial charge is 0.313 e. The summed E-state index contributed by atoms with van der Waals surface area (Å²) in [4.78, 5) is 28.7. The molecule has 0 spiro atoms. The Labute approximate surface area is 174 Å². The first-order chi connectivity index (χ1) is 14.0. The van der Waals surface area contributed by atoms with Crippen molar-refractivity contribution in [2.75, 3.05) is 38.3 Å². The zero-order valence-electron chi connectivity index (χ0n) is 16.1. The molecule has 2 aromatic rings. The van der Waals surface area contributed by atoms with Crippen molar-refractivity contribution < 1.29 is 19.1 Å². The average molecular weight is 416 g/mol. The van der Waals surface area contributed by atoms with Gasteiger partial charge in [-0.25, -0.2) is 0 Å². The van der Waals surface area contributed by atoms with Gasteiger partial charge < -0.3 is 19.7 Å². The van der Waals surface area contributed by atoms with Gasteiger partial charge in [0.2, 0.25) is 6.79 Å². The van der Waals surface area contributed by atoms with Crippen LogP contribution in [0.5, 0.6) is 11.5 Å². The molecule has 0 unspecified atom stereocenters. The van der Waals surface area contributed by atoms with E-state index in [0.29, 0.717) is 36.9 Å². The number of carbonyl (C=O) groups excluding carboxylic acids is 2. The van der Waals surface area contributed by atoms with Crippen LogP contribution < -0.4 is 14.8 Å². The summed E-state index contributed by atoms with van der Waals surface area (Å²) in [5, 5.41) is 3.22. The molecule has 0 bridgehead atoms. The van der Waals surface area contributed by atoms with Crippen molar-refractivity contribution in [2.24, 2.45) is 0 Å². The van der Waals surface area contributed by atoms with Gasteiger partial charge in [0.05, 0.1) is 0 Å². The Morgan fingerprint density at radius 3 is 2.62 bits per heavy atom. The van der Waals surface area contributed by atoms with Crippen LogP contribution in [-0.4, -0.2) is 54.6 Å². The predicted octanol–water partition coefficient (Wildman–Crippen LogP) is 2.66. The first-order valence-corrected chi connectivity index (χ1v) is 9.85. The van der Waals surface area contributed by atoms with Crippen LogP contribution in [0.25, 0.3) is 0 Å². The highest BCUT2D eigenvalue weighted by Crippen LogP contribution is 2.32. The summed E-state index contributed by atoms with van der Waals surface area (Å²) in [7, 11) is 0. The number of benzene rings is 2. The van der Waals surface area contributed by atoms with E-state index in [2.05, 4.69) is 10.2 Å². The number of fused-ring (bicyclic) bond motifs is 1. The second-order valence-corrected chi connectivity index (χ2v) is 7.53. The SMILES string of the molecule is Cc1c(Cl)cccc1NC(=O)C(=O)N1CCN(Cc2ccc3c(c2)OCO3)CC1. The Morgan fingerprint density at radius 1 is 1.07 bits per heavy atom. The van der Waals surface area contributed by atoms with E-state index in [9.17, 15) is 9.59 Å². The Hall–Kier alpha value is -2.77. The lowest BCUT2D eigenvalue weighted by Gasteiger charge is -2.34. The molecule has 8 heteroatoms. The molecule has 2 heterocycles. The number of anilines is 1. The summed E-state index contributed by atoms with van der Waals surface area (Å²) >= 11 is 6.07. The van der Waals surface area contributed by atoms with Crippen molar-refractivity contribution in [3.05, 3.63) is 52.5 Å². The lowest BCUT2D eigenvalue weighted by atomic mass is 10.1. The number of piperazine rings is 1. The second kappa shape index (κ2) is 8.31. The van der Waals surface area contributed by atoms with E-state index in [-0.39, 0.29) is 6.79 Å². The molecule has 1 saturated heterocycles. The third kappa shape index (κ3) is 4.31. The summed E-state index contributed by atoms with van der Waals surface area (Å²) in [6.45, 7) is 5.23. The van der Waals surface area contributed by atoms with E-state index in [1.165, 1.54) is 0 Å². The molecule has 0 aliphatic carbocycles. The summed E-state index contributed by atoms with van der Waals surface area (Å²) in [5.41, 5.74) is 2.42. The molecule has 0 saturated carbocycles. The molecule has 2 aliphatic rings. The Morgan fingerprint density at radius 2 is 1.83 bits per heavy atom. The van der Waals surface area contributed by atoms with Crippen LogP contribution in [0.1, 0.15) is 11.1 Å². The van der Waals surface area contributed by atoms with Crippen molar-refractivity contribution in [3.63, 3.8) is 0 Å². The third-order valence-corrected chi connectivity index (χ3v) is 5.62. The number of hydrogen-bond donors (Lipinski definition) is 1. The molecule has 152 valence electrons. The fraction of sp³-hybridized carbons (Fsp3) is 0.333. The summed E-state index contributed by atoms with van der Waals surface area (Å²) in [6.07, 6.45) is 0. The minimum atomic E-state index is -0.639. The summed E-state index contributed by atoms with van der Waals surface area (Å²) in [6, 6.07) is 11.1. The molecule has 7 nitrogen and oxygen atoms in total. The van der Waals surface area contributed by atoms with Gasteiger partial charge in [0.15, 0.2) is 11.5 Å². The zero-order chi connectivity index (χ0) is 20.4. The lowest BCUT2D eigenvalue weighted by Crippen LogP contribution is -2.51. The molecule has 0 aromatic heterocycles. The number of amides is 2. The molecular weight excluding hydrogens is 394 g/mol. The molecule has 2 amide bonds. The van der Waals surface area contributed by atoms with E-state index in [1.54, 1.807) is 30.0 Å². The normalized spacial score (nSPS) is 16.0. The highest BCUT2D eigenvalue weighted by molar-refractivity contribution is 6.40. The molecule has 2 aromatic carbocycles. The minimum absolute atomic E-state index is 0.260. The molecule has 1 fully saturated rings. The standard InChI is InChI=1S/C21H22ClN3O4/c1-14-16(22)3-2-4-17(14)23-20(26)21(27)25-9-7-24(8-10-25)12-15-5-6-18-19(11-15)29-13-28-18/h2-6,11H,7-10,12-13H2,1H3,(H,23,26). The second-order valence-electron chi connectivity index (χ2n) is 7.12. The minimum Gasteiger partial charge on any atom is -0.454 e. The first-order valence-electron chi connectivity index (χ1n) is 9.47. The van der Waals surface area contributed by atoms with Gasteiger partial charge >= 0.3 is 11.8 Å². The maximum absolute atomic E-state index is 12.5. The Balaban J connectivity index is 1.30. The number of hydrogen-bond acceptors (Lipinski definition) is 5. The van der Waals surface area contributed by atoms with E-state index in [0.717, 1.165) is 29.2 Å². The van der Waals surface area contributed by atoms with E-state index >= 15 is 0 Å². The Kier molecular flexibility index (Phi) is 5.60. The van der Waals surface area contributed by atoms with Gasteiger partial charge in [-0.15, -0.1) is 0 Å². The summed E-state index contributed by atoms with van der Waals surface area (Å²) in [5.74, 6) is 0.376. The first kappa shape index (κ1) is 19.5. The Bertz CT molecular complexity index is 942. The molecular formula is C21H22ClN3O4. The monoisotopic (exact) mass is 415 g/mol. The molecule has 0 atom stereocenters. The predicted molar refractivity (Wildman–Crippen MR) is 109 cm³/mol. The van der Waals surface area contributed by atoms with E-state index in [1.807, 2.05) is 18.2 Å². The maximum Gasteiger partial charge on any atom is 0.313 e. The van der Waals surface area contributed by atoms with Crippen molar-refractivity contribution >= 4 is 29.1 Å². The summed E-state index contributed by atoms with van der Waals surface area (Å²) < 4.78 is 10.8. The maximum atomic E-state index is 12.5. The van der Waals surface area contributed by atoms with Gasteiger partial charge in [0.25, 0.3) is 0 Å². The molecule has 1 N–H and O–H groups in total. The zero-order valence-corrected chi connectivity index (χ0v) is 16.9. The highest BCUT2D eigenvalue weighted by atomic mass is 35.5. The van der Waals surface area contributed by atoms with E-state index < -0.39 is 11.8 Å². The van der Waals surface area contributed by atoms with Crippen LogP contribution in [0.2, 0.25) is 5.02 Å². The van der Waals surface area contributed by atoms with Crippen LogP contribution in [-0.2, 0) is 16.1 Å². The van der Waals surface area contributed by atoms with Gasteiger partial charge in [-0.05, 0) is 42.3 Å². The molecule has 29 heavy (non-hydrogen) atoms. The van der Waals surface area contributed by atoms with Crippen LogP contribution in [0.4, 0.5) is 5.69 Å². The van der Waals surface area contributed by atoms with Gasteiger partial charge in [-0.1, -0.05) is 23.7 Å².